The van der Waals surface area contributed by atoms with Gasteiger partial charge in [0.1, 0.15) is 17.1 Å². The lowest BCUT2D eigenvalue weighted by atomic mass is 9.88. The predicted octanol–water partition coefficient (Wildman–Crippen LogP) is 3.35. The van der Waals surface area contributed by atoms with Gasteiger partial charge in [-0.2, -0.15) is 0 Å². The van der Waals surface area contributed by atoms with E-state index in [2.05, 4.69) is 0 Å². The van der Waals surface area contributed by atoms with Gasteiger partial charge < -0.3 is 14.6 Å². The Balaban J connectivity index is 2.32. The van der Waals surface area contributed by atoms with Crippen LogP contribution in [-0.2, 0) is 5.60 Å². The van der Waals surface area contributed by atoms with Crippen molar-refractivity contribution in [2.75, 3.05) is 13.7 Å². The van der Waals surface area contributed by atoms with Crippen molar-refractivity contribution >= 4 is 0 Å². The predicted molar refractivity (Wildman–Crippen MR) is 79.3 cm³/mol. The van der Waals surface area contributed by atoms with Crippen LogP contribution in [0.1, 0.15) is 25.0 Å². The van der Waals surface area contributed by atoms with Crippen LogP contribution in [0, 0.1) is 0 Å². The van der Waals surface area contributed by atoms with Crippen molar-refractivity contribution in [1.29, 1.82) is 0 Å². The summed E-state index contributed by atoms with van der Waals surface area (Å²) in [4.78, 5) is 0. The maximum atomic E-state index is 10.8. The van der Waals surface area contributed by atoms with Crippen LogP contribution in [0.4, 0.5) is 0 Å². The maximum Gasteiger partial charge on any atom is 0.119 e. The van der Waals surface area contributed by atoms with E-state index in [-0.39, 0.29) is 0 Å². The van der Waals surface area contributed by atoms with Crippen LogP contribution < -0.4 is 9.47 Å². The second kappa shape index (κ2) is 5.97. The zero-order valence-corrected chi connectivity index (χ0v) is 12.1. The van der Waals surface area contributed by atoms with Crippen molar-refractivity contribution in [2.45, 2.75) is 19.4 Å². The van der Waals surface area contributed by atoms with E-state index in [0.29, 0.717) is 6.61 Å². The molecule has 0 amide bonds. The Morgan fingerprint density at radius 2 is 1.70 bits per heavy atom. The van der Waals surface area contributed by atoms with Crippen molar-refractivity contribution in [3.8, 4) is 11.5 Å². The Kier molecular flexibility index (Phi) is 4.30. The van der Waals surface area contributed by atoms with E-state index in [0.717, 1.165) is 22.6 Å². The highest BCUT2D eigenvalue weighted by Gasteiger charge is 2.25. The molecule has 2 rings (SSSR count). The fraction of sp³-hybridized carbons (Fsp3) is 0.294. The number of hydrogen-bond acceptors (Lipinski definition) is 3. The highest BCUT2D eigenvalue weighted by molar-refractivity contribution is 5.40. The van der Waals surface area contributed by atoms with E-state index >= 15 is 0 Å². The monoisotopic (exact) mass is 272 g/mol. The Morgan fingerprint density at radius 3 is 2.30 bits per heavy atom. The fourth-order valence-electron chi connectivity index (χ4n) is 2.13. The molecule has 0 aliphatic heterocycles. The van der Waals surface area contributed by atoms with Gasteiger partial charge in [0.25, 0.3) is 0 Å². The zero-order chi connectivity index (χ0) is 14.6. The molecule has 20 heavy (non-hydrogen) atoms. The highest BCUT2D eigenvalue weighted by atomic mass is 16.5. The molecule has 3 heteroatoms. The molecular formula is C17H20O3. The third-order valence-corrected chi connectivity index (χ3v) is 3.36. The second-order valence-electron chi connectivity index (χ2n) is 4.76. The first-order valence-corrected chi connectivity index (χ1v) is 6.68. The molecule has 0 radical (unpaired) electrons. The van der Waals surface area contributed by atoms with Gasteiger partial charge in [0.2, 0.25) is 0 Å². The van der Waals surface area contributed by atoms with Gasteiger partial charge in [-0.3, -0.25) is 0 Å². The van der Waals surface area contributed by atoms with E-state index < -0.39 is 5.60 Å². The third-order valence-electron chi connectivity index (χ3n) is 3.36. The summed E-state index contributed by atoms with van der Waals surface area (Å²) in [6.45, 7) is 4.35. The topological polar surface area (TPSA) is 38.7 Å². The quantitative estimate of drug-likeness (QED) is 0.907. The summed E-state index contributed by atoms with van der Waals surface area (Å²) in [6.07, 6.45) is 0. The number of aliphatic hydroxyl groups is 1. The molecule has 0 saturated carbocycles. The number of methoxy groups -OCH3 is 1. The number of benzene rings is 2. The third kappa shape index (κ3) is 2.94. The standard InChI is InChI=1S/C17H20O3/c1-4-20-15-10-8-13(9-11-15)17(2,18)14-6-5-7-16(12-14)19-3/h5-12,18H,4H2,1-3H3. The molecule has 3 nitrogen and oxygen atoms in total. The Morgan fingerprint density at radius 1 is 1.00 bits per heavy atom. The van der Waals surface area contributed by atoms with Gasteiger partial charge in [0.15, 0.2) is 0 Å². The Labute approximate surface area is 119 Å². The van der Waals surface area contributed by atoms with E-state index in [9.17, 15) is 5.11 Å². The summed E-state index contributed by atoms with van der Waals surface area (Å²) in [5.41, 5.74) is 0.537. The van der Waals surface area contributed by atoms with Crippen LogP contribution >= 0.6 is 0 Å². The molecule has 0 saturated heterocycles. The van der Waals surface area contributed by atoms with Crippen LogP contribution in [0.15, 0.2) is 48.5 Å². The molecule has 1 unspecified atom stereocenters. The van der Waals surface area contributed by atoms with Gasteiger partial charge in [0.05, 0.1) is 13.7 Å². The van der Waals surface area contributed by atoms with Crippen molar-refractivity contribution in [3.63, 3.8) is 0 Å². The Bertz CT molecular complexity index is 559. The van der Waals surface area contributed by atoms with Gasteiger partial charge >= 0.3 is 0 Å². The van der Waals surface area contributed by atoms with Crippen LogP contribution in [0.25, 0.3) is 0 Å². The first-order chi connectivity index (χ1) is 9.57. The summed E-state index contributed by atoms with van der Waals surface area (Å²) in [5.74, 6) is 1.53. The van der Waals surface area contributed by atoms with Gasteiger partial charge in [0, 0.05) is 0 Å². The molecule has 0 aliphatic rings. The first-order valence-electron chi connectivity index (χ1n) is 6.68. The summed E-state index contributed by atoms with van der Waals surface area (Å²) >= 11 is 0. The molecular weight excluding hydrogens is 252 g/mol. The minimum absolute atomic E-state index is 0.631. The van der Waals surface area contributed by atoms with Gasteiger partial charge in [-0.25, -0.2) is 0 Å². The maximum absolute atomic E-state index is 10.8. The molecule has 0 bridgehead atoms. The minimum Gasteiger partial charge on any atom is -0.497 e. The van der Waals surface area contributed by atoms with E-state index in [1.807, 2.05) is 55.5 Å². The van der Waals surface area contributed by atoms with Gasteiger partial charge in [-0.15, -0.1) is 0 Å². The SMILES string of the molecule is CCOc1ccc(C(C)(O)c2cccc(OC)c2)cc1. The molecule has 0 spiro atoms. The average Bonchev–Trinajstić information content (AvgIpc) is 2.48. The summed E-state index contributed by atoms with van der Waals surface area (Å²) in [6, 6.07) is 15.0. The normalized spacial score (nSPS) is 13.6. The largest absolute Gasteiger partial charge is 0.497 e. The molecule has 0 aromatic heterocycles. The van der Waals surface area contributed by atoms with Gasteiger partial charge in [-0.05, 0) is 49.2 Å². The van der Waals surface area contributed by atoms with Gasteiger partial charge in [-0.1, -0.05) is 24.3 Å². The number of hydrogen-bond donors (Lipinski definition) is 1. The van der Waals surface area contributed by atoms with E-state index in [4.69, 9.17) is 9.47 Å². The highest BCUT2D eigenvalue weighted by Crippen LogP contribution is 2.31. The summed E-state index contributed by atoms with van der Waals surface area (Å²) < 4.78 is 10.6. The lowest BCUT2D eigenvalue weighted by Gasteiger charge is -2.25. The van der Waals surface area contributed by atoms with Crippen molar-refractivity contribution in [2.24, 2.45) is 0 Å². The molecule has 2 aromatic rings. The van der Waals surface area contributed by atoms with Crippen molar-refractivity contribution < 1.29 is 14.6 Å². The molecule has 0 heterocycles. The fourth-order valence-corrected chi connectivity index (χ4v) is 2.13. The van der Waals surface area contributed by atoms with Crippen LogP contribution in [0.3, 0.4) is 0 Å². The summed E-state index contributed by atoms with van der Waals surface area (Å²) in [7, 11) is 1.62. The van der Waals surface area contributed by atoms with Crippen molar-refractivity contribution in [1.82, 2.24) is 0 Å². The lowest BCUT2D eigenvalue weighted by Crippen LogP contribution is -2.22. The molecule has 0 fully saturated rings. The zero-order valence-electron chi connectivity index (χ0n) is 12.1. The van der Waals surface area contributed by atoms with E-state index in [1.54, 1.807) is 14.0 Å². The number of rotatable bonds is 5. The minimum atomic E-state index is -1.07. The number of ether oxygens (including phenoxy) is 2. The first kappa shape index (κ1) is 14.4. The molecule has 106 valence electrons. The Hall–Kier alpha value is -2.00. The molecule has 1 N–H and O–H groups in total. The smallest absolute Gasteiger partial charge is 0.119 e. The summed E-state index contributed by atoms with van der Waals surface area (Å²) in [5, 5.41) is 10.8. The van der Waals surface area contributed by atoms with Crippen LogP contribution in [-0.4, -0.2) is 18.8 Å². The lowest BCUT2D eigenvalue weighted by molar-refractivity contribution is 0.102. The molecule has 1 atom stereocenters. The average molecular weight is 272 g/mol. The van der Waals surface area contributed by atoms with E-state index in [1.165, 1.54) is 0 Å². The molecule has 2 aromatic carbocycles. The molecule has 0 aliphatic carbocycles. The van der Waals surface area contributed by atoms with Crippen LogP contribution in [0.2, 0.25) is 0 Å². The van der Waals surface area contributed by atoms with Crippen LogP contribution in [0.5, 0.6) is 11.5 Å². The second-order valence-corrected chi connectivity index (χ2v) is 4.76. The van der Waals surface area contributed by atoms with Crippen molar-refractivity contribution in [3.05, 3.63) is 59.7 Å².